The van der Waals surface area contributed by atoms with E-state index in [2.05, 4.69) is 5.32 Å². The number of nitrogens with one attached hydrogen (secondary N) is 1. The number of carbonyl (C=O) groups excluding carboxylic acids is 2. The van der Waals surface area contributed by atoms with Crippen LogP contribution in [0.25, 0.3) is 0 Å². The monoisotopic (exact) mass is 254 g/mol. The molecule has 1 aliphatic heterocycles. The van der Waals surface area contributed by atoms with Crippen molar-refractivity contribution < 1.29 is 14.3 Å². The van der Waals surface area contributed by atoms with Crippen LogP contribution < -0.4 is 5.32 Å². The van der Waals surface area contributed by atoms with E-state index in [9.17, 15) is 9.59 Å². The van der Waals surface area contributed by atoms with Crippen LogP contribution in [-0.2, 0) is 14.3 Å². The van der Waals surface area contributed by atoms with Crippen LogP contribution in [0.1, 0.15) is 33.1 Å². The molecule has 2 amide bonds. The van der Waals surface area contributed by atoms with E-state index in [0.717, 1.165) is 6.42 Å². The van der Waals surface area contributed by atoms with E-state index >= 15 is 0 Å². The zero-order chi connectivity index (χ0) is 13.2. The summed E-state index contributed by atoms with van der Waals surface area (Å²) in [5.74, 6) is -0.0973. The number of rotatable bonds is 4. The molecule has 1 unspecified atom stereocenters. The summed E-state index contributed by atoms with van der Waals surface area (Å²) in [6, 6.07) is 0.132. The summed E-state index contributed by atoms with van der Waals surface area (Å²) >= 11 is 0. The smallest absolute Gasteiger partial charge is 0.238 e. The van der Waals surface area contributed by atoms with Crippen molar-refractivity contribution in [3.63, 3.8) is 0 Å². The molecule has 0 spiro atoms. The van der Waals surface area contributed by atoms with Crippen LogP contribution in [0.2, 0.25) is 0 Å². The minimum atomic E-state index is -0.763. The van der Waals surface area contributed by atoms with Gasteiger partial charge in [-0.2, -0.15) is 0 Å². The summed E-state index contributed by atoms with van der Waals surface area (Å²) in [6.07, 6.45) is 2.25. The Bertz CT molecular complexity index is 333. The molecule has 2 aliphatic rings. The zero-order valence-electron chi connectivity index (χ0n) is 11.2. The number of nitrogens with zero attached hydrogens (tertiary/aromatic N) is 1. The van der Waals surface area contributed by atoms with E-state index in [1.165, 1.54) is 0 Å². The highest BCUT2D eigenvalue weighted by Crippen LogP contribution is 2.47. The van der Waals surface area contributed by atoms with Gasteiger partial charge in [-0.3, -0.25) is 9.59 Å². The molecule has 1 saturated heterocycles. The lowest BCUT2D eigenvalue weighted by atomic mass is 10.0. The maximum absolute atomic E-state index is 12.4. The molecule has 0 aromatic heterocycles. The Labute approximate surface area is 108 Å². The van der Waals surface area contributed by atoms with Gasteiger partial charge in [-0.15, -0.1) is 0 Å². The minimum Gasteiger partial charge on any atom is -0.378 e. The summed E-state index contributed by atoms with van der Waals surface area (Å²) in [5, 5.41) is 2.93. The molecule has 2 rings (SSSR count). The fraction of sp³-hybridized carbons (Fsp3) is 0.846. The third-order valence-corrected chi connectivity index (χ3v) is 3.88. The van der Waals surface area contributed by atoms with Gasteiger partial charge < -0.3 is 15.0 Å². The van der Waals surface area contributed by atoms with E-state index in [-0.39, 0.29) is 17.9 Å². The molecule has 5 nitrogen and oxygen atoms in total. The molecule has 0 radical (unpaired) electrons. The van der Waals surface area contributed by atoms with Crippen molar-refractivity contribution in [2.75, 3.05) is 26.3 Å². The highest BCUT2D eigenvalue weighted by molar-refractivity contribution is 6.07. The molecular weight excluding hydrogens is 232 g/mol. The van der Waals surface area contributed by atoms with Gasteiger partial charge in [0.15, 0.2) is 0 Å². The van der Waals surface area contributed by atoms with Gasteiger partial charge in [-0.25, -0.2) is 0 Å². The second-order valence-electron chi connectivity index (χ2n) is 5.27. The fourth-order valence-corrected chi connectivity index (χ4v) is 2.20. The first-order valence-electron chi connectivity index (χ1n) is 6.78. The molecule has 18 heavy (non-hydrogen) atoms. The summed E-state index contributed by atoms with van der Waals surface area (Å²) in [7, 11) is 0. The van der Waals surface area contributed by atoms with E-state index in [0.29, 0.717) is 39.1 Å². The first kappa shape index (κ1) is 13.3. The summed E-state index contributed by atoms with van der Waals surface area (Å²) in [4.78, 5) is 26.4. The van der Waals surface area contributed by atoms with Crippen molar-refractivity contribution in [2.24, 2.45) is 5.41 Å². The second-order valence-corrected chi connectivity index (χ2v) is 5.27. The molecule has 102 valence electrons. The van der Waals surface area contributed by atoms with Crippen molar-refractivity contribution in [1.82, 2.24) is 10.2 Å². The molecule has 1 saturated carbocycles. The number of amides is 2. The van der Waals surface area contributed by atoms with Crippen LogP contribution >= 0.6 is 0 Å². The highest BCUT2D eigenvalue weighted by atomic mass is 16.5. The number of hydrogen-bond donors (Lipinski definition) is 1. The third-order valence-electron chi connectivity index (χ3n) is 3.88. The van der Waals surface area contributed by atoms with Crippen LogP contribution in [0.4, 0.5) is 0 Å². The molecule has 0 aromatic rings. The number of morpholine rings is 1. The summed E-state index contributed by atoms with van der Waals surface area (Å²) in [6.45, 7) is 6.36. The molecule has 1 aliphatic carbocycles. The standard InChI is InChI=1S/C13H22N2O3/c1-3-10(2)14-11(16)13(4-5-13)12(17)15-6-8-18-9-7-15/h10H,3-9H2,1-2H3,(H,14,16). The topological polar surface area (TPSA) is 58.6 Å². The molecular formula is C13H22N2O3. The first-order valence-corrected chi connectivity index (χ1v) is 6.78. The van der Waals surface area contributed by atoms with Gasteiger partial charge in [0.2, 0.25) is 11.8 Å². The van der Waals surface area contributed by atoms with Gasteiger partial charge in [-0.1, -0.05) is 6.92 Å². The predicted octanol–water partition coefficient (Wildman–Crippen LogP) is 0.540. The predicted molar refractivity (Wildman–Crippen MR) is 67.0 cm³/mol. The van der Waals surface area contributed by atoms with E-state index < -0.39 is 5.41 Å². The first-order chi connectivity index (χ1) is 8.60. The maximum Gasteiger partial charge on any atom is 0.238 e. The molecule has 2 fully saturated rings. The molecule has 5 heteroatoms. The summed E-state index contributed by atoms with van der Waals surface area (Å²) < 4.78 is 5.23. The third kappa shape index (κ3) is 2.51. The average molecular weight is 254 g/mol. The van der Waals surface area contributed by atoms with Gasteiger partial charge in [0.1, 0.15) is 5.41 Å². The molecule has 1 heterocycles. The Hall–Kier alpha value is -1.10. The summed E-state index contributed by atoms with van der Waals surface area (Å²) in [5.41, 5.74) is -0.763. The van der Waals surface area contributed by atoms with Crippen molar-refractivity contribution >= 4 is 11.8 Å². The zero-order valence-corrected chi connectivity index (χ0v) is 11.2. The van der Waals surface area contributed by atoms with Crippen molar-refractivity contribution in [1.29, 1.82) is 0 Å². The minimum absolute atomic E-state index is 0.00777. The lowest BCUT2D eigenvalue weighted by molar-refractivity contribution is -0.147. The number of hydrogen-bond acceptors (Lipinski definition) is 3. The Balaban J connectivity index is 1.97. The van der Waals surface area contributed by atoms with Gasteiger partial charge in [0.05, 0.1) is 13.2 Å². The van der Waals surface area contributed by atoms with Crippen molar-refractivity contribution in [3.8, 4) is 0 Å². The second kappa shape index (κ2) is 5.26. The largest absolute Gasteiger partial charge is 0.378 e. The molecule has 0 bridgehead atoms. The van der Waals surface area contributed by atoms with Crippen molar-refractivity contribution in [3.05, 3.63) is 0 Å². The van der Waals surface area contributed by atoms with Crippen molar-refractivity contribution in [2.45, 2.75) is 39.2 Å². The Kier molecular flexibility index (Phi) is 3.90. The van der Waals surface area contributed by atoms with E-state index in [1.54, 1.807) is 4.90 Å². The quantitative estimate of drug-likeness (QED) is 0.745. The Morgan fingerprint density at radius 1 is 1.33 bits per heavy atom. The van der Waals surface area contributed by atoms with Crippen LogP contribution in [0.3, 0.4) is 0 Å². The van der Waals surface area contributed by atoms with Crippen LogP contribution in [0.15, 0.2) is 0 Å². The normalized spacial score (nSPS) is 23.3. The Morgan fingerprint density at radius 2 is 1.94 bits per heavy atom. The van der Waals surface area contributed by atoms with Crippen LogP contribution in [0, 0.1) is 5.41 Å². The molecule has 1 N–H and O–H groups in total. The highest BCUT2D eigenvalue weighted by Gasteiger charge is 2.58. The van der Waals surface area contributed by atoms with Crippen LogP contribution in [0.5, 0.6) is 0 Å². The van der Waals surface area contributed by atoms with Gasteiger partial charge in [-0.05, 0) is 26.2 Å². The fourth-order valence-electron chi connectivity index (χ4n) is 2.20. The van der Waals surface area contributed by atoms with E-state index in [1.807, 2.05) is 13.8 Å². The lowest BCUT2D eigenvalue weighted by Gasteiger charge is -2.30. The van der Waals surface area contributed by atoms with Gasteiger partial charge in [0.25, 0.3) is 0 Å². The van der Waals surface area contributed by atoms with Crippen LogP contribution in [-0.4, -0.2) is 49.1 Å². The number of carbonyl (C=O) groups is 2. The average Bonchev–Trinajstić information content (AvgIpc) is 3.20. The molecule has 0 aromatic carbocycles. The Morgan fingerprint density at radius 3 is 2.44 bits per heavy atom. The maximum atomic E-state index is 12.4. The number of ether oxygens (including phenoxy) is 1. The lowest BCUT2D eigenvalue weighted by Crippen LogP contribution is -2.50. The van der Waals surface area contributed by atoms with Gasteiger partial charge in [0, 0.05) is 19.1 Å². The van der Waals surface area contributed by atoms with Gasteiger partial charge >= 0.3 is 0 Å². The molecule has 1 atom stereocenters. The SMILES string of the molecule is CCC(C)NC(=O)C1(C(=O)N2CCOCC2)CC1. The van der Waals surface area contributed by atoms with E-state index in [4.69, 9.17) is 4.74 Å².